The van der Waals surface area contributed by atoms with Crippen molar-refractivity contribution < 1.29 is 14.5 Å². The predicted molar refractivity (Wildman–Crippen MR) is 105 cm³/mol. The number of hydrogen-bond donors (Lipinski definition) is 2. The minimum atomic E-state index is -0.997. The van der Waals surface area contributed by atoms with E-state index in [-0.39, 0.29) is 24.6 Å². The van der Waals surface area contributed by atoms with E-state index in [0.29, 0.717) is 17.9 Å². The third-order valence-electron chi connectivity index (χ3n) is 4.86. The average Bonchev–Trinajstić information content (AvgIpc) is 3.12. The molecule has 0 aliphatic carbocycles. The normalized spacial score (nSPS) is 15.8. The van der Waals surface area contributed by atoms with Crippen LogP contribution in [0.5, 0.6) is 5.75 Å². The summed E-state index contributed by atoms with van der Waals surface area (Å²) in [6, 6.07) is 9.34. The van der Waals surface area contributed by atoms with Crippen LogP contribution in [0.1, 0.15) is 17.5 Å². The Hall–Kier alpha value is -3.20. The van der Waals surface area contributed by atoms with Crippen molar-refractivity contribution >= 4 is 18.7 Å². The number of pyridine rings is 1. The third kappa shape index (κ3) is 3.75. The summed E-state index contributed by atoms with van der Waals surface area (Å²) in [7, 11) is -0.997. The minimum Gasteiger partial charge on any atom is -0.536 e. The Kier molecular flexibility index (Phi) is 4.83. The zero-order valence-electron chi connectivity index (χ0n) is 15.4. The number of rotatable bonds is 5. The molecule has 0 saturated heterocycles. The van der Waals surface area contributed by atoms with Gasteiger partial charge in [0, 0.05) is 24.0 Å². The number of nitrogen functional groups attached to an aromatic ring is 1. The van der Waals surface area contributed by atoms with Crippen LogP contribution in [0.4, 0.5) is 5.82 Å². The quantitative estimate of drug-likeness (QED) is 0.650. The van der Waals surface area contributed by atoms with Gasteiger partial charge in [-0.3, -0.25) is 4.79 Å². The van der Waals surface area contributed by atoms with Crippen molar-refractivity contribution in [1.82, 2.24) is 20.0 Å². The number of hydrogen-bond acceptors (Lipinski definition) is 7. The number of nitrogens with zero attached hydrogens (tertiary/aromatic N) is 4. The fourth-order valence-electron chi connectivity index (χ4n) is 3.47. The first-order valence-corrected chi connectivity index (χ1v) is 9.06. The number of ketones is 1. The number of aryl methyl sites for hydroxylation is 1. The smallest absolute Gasteiger partial charge is 0.526 e. The van der Waals surface area contributed by atoms with Gasteiger partial charge in [0.2, 0.25) is 0 Å². The maximum absolute atomic E-state index is 12.5. The highest BCUT2D eigenvalue weighted by molar-refractivity contribution is 6.46. The van der Waals surface area contributed by atoms with Crippen molar-refractivity contribution in [2.45, 2.75) is 32.1 Å². The predicted octanol–water partition coefficient (Wildman–Crippen LogP) is 1.68. The fourth-order valence-corrected chi connectivity index (χ4v) is 3.47. The third-order valence-corrected chi connectivity index (χ3v) is 4.86. The number of aromatic nitrogens is 4. The monoisotopic (exact) mass is 377 g/mol. The molecule has 3 N–H and O–H groups in total. The number of anilines is 1. The molecular weight excluding hydrogens is 357 g/mol. The van der Waals surface area contributed by atoms with Crippen molar-refractivity contribution in [2.75, 3.05) is 5.73 Å². The highest BCUT2D eigenvalue weighted by Gasteiger charge is 2.36. The molecule has 0 fully saturated rings. The van der Waals surface area contributed by atoms with Crippen LogP contribution in [0.2, 0.25) is 5.82 Å². The standard InChI is InChI=1S/C19H20BN5O3/c1-12-3-2-4-14-7-15(20(27)28-19(12)14)9-16(26)10-25-11-17(23-24-25)13-5-6-22-18(21)8-13/h2-6,8,11,15,27H,7,9-10H2,1H3,(H2,21,22)/t15-/m1/s1. The molecule has 9 heteroatoms. The molecule has 1 atom stereocenters. The number of fused-ring (bicyclic) bond motifs is 1. The Morgan fingerprint density at radius 2 is 2.29 bits per heavy atom. The molecule has 2 aromatic heterocycles. The Morgan fingerprint density at radius 3 is 3.11 bits per heavy atom. The Balaban J connectivity index is 1.41. The lowest BCUT2D eigenvalue weighted by atomic mass is 9.64. The summed E-state index contributed by atoms with van der Waals surface area (Å²) >= 11 is 0. The molecule has 0 amide bonds. The second-order valence-corrected chi connectivity index (χ2v) is 7.05. The lowest BCUT2D eigenvalue weighted by molar-refractivity contribution is -0.120. The molecule has 1 aromatic carbocycles. The van der Waals surface area contributed by atoms with Gasteiger partial charge in [-0.15, -0.1) is 5.10 Å². The van der Waals surface area contributed by atoms with Crippen molar-refractivity contribution in [1.29, 1.82) is 0 Å². The summed E-state index contributed by atoms with van der Waals surface area (Å²) in [6.07, 6.45) is 4.09. The second-order valence-electron chi connectivity index (χ2n) is 7.05. The van der Waals surface area contributed by atoms with Crippen LogP contribution in [-0.2, 0) is 17.8 Å². The van der Waals surface area contributed by atoms with Gasteiger partial charge in [-0.2, -0.15) is 0 Å². The molecular formula is C19H20BN5O3. The largest absolute Gasteiger partial charge is 0.536 e. The SMILES string of the molecule is Cc1cccc2c1OB(O)[C@@H](CC(=O)Cn1cc(-c3ccnc(N)c3)nn1)C2. The fraction of sp³-hybridized carbons (Fsp3) is 0.263. The lowest BCUT2D eigenvalue weighted by Crippen LogP contribution is -2.35. The van der Waals surface area contributed by atoms with E-state index in [4.69, 9.17) is 10.4 Å². The highest BCUT2D eigenvalue weighted by atomic mass is 16.5. The summed E-state index contributed by atoms with van der Waals surface area (Å²) in [4.78, 5) is 16.5. The Labute approximate surface area is 162 Å². The summed E-state index contributed by atoms with van der Waals surface area (Å²) in [6.45, 7) is 2.02. The number of carbonyl (C=O) groups excluding carboxylic acids is 1. The second kappa shape index (κ2) is 7.44. The number of Topliss-reactive ketones (excluding diaryl/α,β-unsaturated/α-hetero) is 1. The topological polar surface area (TPSA) is 116 Å². The molecule has 8 nitrogen and oxygen atoms in total. The molecule has 142 valence electrons. The lowest BCUT2D eigenvalue weighted by Gasteiger charge is -2.28. The van der Waals surface area contributed by atoms with Crippen LogP contribution in [0, 0.1) is 6.92 Å². The minimum absolute atomic E-state index is 0.0468. The maximum Gasteiger partial charge on any atom is 0.526 e. The zero-order valence-corrected chi connectivity index (χ0v) is 15.4. The number of carbonyl (C=O) groups is 1. The molecule has 0 spiro atoms. The summed E-state index contributed by atoms with van der Waals surface area (Å²) < 4.78 is 7.14. The van der Waals surface area contributed by atoms with Crippen LogP contribution in [0.25, 0.3) is 11.3 Å². The molecule has 4 rings (SSSR count). The van der Waals surface area contributed by atoms with E-state index in [0.717, 1.165) is 22.4 Å². The number of para-hydroxylation sites is 1. The molecule has 28 heavy (non-hydrogen) atoms. The number of benzene rings is 1. The van der Waals surface area contributed by atoms with Crippen LogP contribution >= 0.6 is 0 Å². The molecule has 3 heterocycles. The first-order chi connectivity index (χ1) is 13.5. The van der Waals surface area contributed by atoms with E-state index in [1.165, 1.54) is 4.68 Å². The number of nitrogens with two attached hydrogens (primary N) is 1. The van der Waals surface area contributed by atoms with E-state index < -0.39 is 7.12 Å². The van der Waals surface area contributed by atoms with Gasteiger partial charge in [0.05, 0.1) is 6.20 Å². The zero-order chi connectivity index (χ0) is 19.7. The molecule has 3 aromatic rings. The van der Waals surface area contributed by atoms with E-state index in [9.17, 15) is 9.82 Å². The molecule has 1 aliphatic rings. The van der Waals surface area contributed by atoms with E-state index in [1.54, 1.807) is 24.5 Å². The van der Waals surface area contributed by atoms with Crippen molar-refractivity contribution in [3.63, 3.8) is 0 Å². The van der Waals surface area contributed by atoms with Gasteiger partial charge in [0.25, 0.3) is 0 Å². The van der Waals surface area contributed by atoms with Gasteiger partial charge < -0.3 is 15.4 Å². The first-order valence-electron chi connectivity index (χ1n) is 9.06. The Bertz CT molecular complexity index is 1020. The van der Waals surface area contributed by atoms with Gasteiger partial charge in [-0.1, -0.05) is 23.4 Å². The van der Waals surface area contributed by atoms with Crippen LogP contribution < -0.4 is 10.4 Å². The van der Waals surface area contributed by atoms with Gasteiger partial charge in [-0.25, -0.2) is 9.67 Å². The van der Waals surface area contributed by atoms with Crippen LogP contribution in [0.3, 0.4) is 0 Å². The highest BCUT2D eigenvalue weighted by Crippen LogP contribution is 2.35. The van der Waals surface area contributed by atoms with E-state index in [2.05, 4.69) is 15.3 Å². The van der Waals surface area contributed by atoms with Crippen molar-refractivity contribution in [3.05, 3.63) is 53.9 Å². The molecule has 0 saturated carbocycles. The molecule has 0 radical (unpaired) electrons. The average molecular weight is 377 g/mol. The summed E-state index contributed by atoms with van der Waals surface area (Å²) in [5, 5.41) is 18.4. The van der Waals surface area contributed by atoms with Crippen molar-refractivity contribution in [3.8, 4) is 17.0 Å². The molecule has 0 bridgehead atoms. The van der Waals surface area contributed by atoms with Gasteiger partial charge in [0.1, 0.15) is 23.8 Å². The first kappa shape index (κ1) is 18.2. The van der Waals surface area contributed by atoms with Gasteiger partial charge in [0.15, 0.2) is 5.78 Å². The van der Waals surface area contributed by atoms with Crippen LogP contribution in [-0.4, -0.2) is 37.9 Å². The van der Waals surface area contributed by atoms with E-state index >= 15 is 0 Å². The summed E-state index contributed by atoms with van der Waals surface area (Å²) in [5.41, 5.74) is 9.09. The van der Waals surface area contributed by atoms with E-state index in [1.807, 2.05) is 25.1 Å². The molecule has 1 aliphatic heterocycles. The van der Waals surface area contributed by atoms with Gasteiger partial charge in [-0.05, 0) is 36.6 Å². The van der Waals surface area contributed by atoms with Gasteiger partial charge >= 0.3 is 7.12 Å². The van der Waals surface area contributed by atoms with Crippen molar-refractivity contribution in [2.24, 2.45) is 0 Å². The summed E-state index contributed by atoms with van der Waals surface area (Å²) in [5.74, 6) is 0.778. The molecule has 0 unspecified atom stereocenters. The van der Waals surface area contributed by atoms with Crippen LogP contribution in [0.15, 0.2) is 42.7 Å². The maximum atomic E-state index is 12.5. The Morgan fingerprint density at radius 1 is 1.43 bits per heavy atom.